The molecule has 0 radical (unpaired) electrons. The maximum absolute atomic E-state index is 5.38. The van der Waals surface area contributed by atoms with Gasteiger partial charge in [-0.25, -0.2) is 0 Å². The highest BCUT2D eigenvalue weighted by Crippen LogP contribution is 2.25. The number of benzene rings is 1. The number of nitrogens with one attached hydrogen (secondary N) is 1. The molecule has 5 nitrogen and oxygen atoms in total. The molecule has 2 rings (SSSR count). The first-order valence-corrected chi connectivity index (χ1v) is 7.51. The first kappa shape index (κ1) is 14.9. The van der Waals surface area contributed by atoms with Crippen LogP contribution in [-0.2, 0) is 0 Å². The molecule has 1 aromatic heterocycles. The monoisotopic (exact) mass is 293 g/mol. The molecule has 0 aliphatic carbocycles. The van der Waals surface area contributed by atoms with Crippen molar-refractivity contribution >= 4 is 11.8 Å². The average molecular weight is 293 g/mol. The molecule has 108 valence electrons. The maximum Gasteiger partial charge on any atom is 0.276 e. The first-order valence-electron chi connectivity index (χ1n) is 6.53. The lowest BCUT2D eigenvalue weighted by atomic mass is 10.1. The zero-order valence-corrected chi connectivity index (χ0v) is 12.7. The largest absolute Gasteiger partial charge is 0.497 e. The summed E-state index contributed by atoms with van der Waals surface area (Å²) in [4.78, 5) is 0. The van der Waals surface area contributed by atoms with Crippen LogP contribution in [0.15, 0.2) is 33.9 Å². The predicted molar refractivity (Wildman–Crippen MR) is 79.2 cm³/mol. The summed E-state index contributed by atoms with van der Waals surface area (Å²) in [6.07, 6.45) is 0. The molecular weight excluding hydrogens is 274 g/mol. The van der Waals surface area contributed by atoms with Gasteiger partial charge in [0.1, 0.15) is 5.75 Å². The van der Waals surface area contributed by atoms with E-state index in [0.29, 0.717) is 11.1 Å². The van der Waals surface area contributed by atoms with Crippen LogP contribution in [0.5, 0.6) is 5.75 Å². The topological polar surface area (TPSA) is 60.2 Å². The van der Waals surface area contributed by atoms with Gasteiger partial charge in [0.05, 0.1) is 7.11 Å². The molecule has 1 N–H and O–H groups in total. The van der Waals surface area contributed by atoms with E-state index in [4.69, 9.17) is 9.15 Å². The van der Waals surface area contributed by atoms with Crippen LogP contribution in [0, 0.1) is 6.92 Å². The fraction of sp³-hybridized carbons (Fsp3) is 0.429. The van der Waals surface area contributed by atoms with E-state index in [9.17, 15) is 0 Å². The van der Waals surface area contributed by atoms with E-state index in [2.05, 4.69) is 34.6 Å². The van der Waals surface area contributed by atoms with Crippen LogP contribution in [0.2, 0.25) is 0 Å². The Hall–Kier alpha value is -1.53. The summed E-state index contributed by atoms with van der Waals surface area (Å²) in [5, 5.41) is 11.9. The van der Waals surface area contributed by atoms with Gasteiger partial charge in [0.25, 0.3) is 5.22 Å². The van der Waals surface area contributed by atoms with E-state index in [0.717, 1.165) is 18.0 Å². The lowest BCUT2D eigenvalue weighted by molar-refractivity contribution is 0.414. The normalized spacial score (nSPS) is 12.3. The second-order valence-electron chi connectivity index (χ2n) is 4.28. The number of nitrogens with zero attached hydrogens (tertiary/aromatic N) is 2. The zero-order chi connectivity index (χ0) is 14.4. The minimum Gasteiger partial charge on any atom is -0.497 e. The number of aromatic nitrogens is 2. The third kappa shape index (κ3) is 3.98. The number of hydrogen-bond acceptors (Lipinski definition) is 6. The molecule has 2 aromatic rings. The van der Waals surface area contributed by atoms with Gasteiger partial charge >= 0.3 is 0 Å². The third-order valence-electron chi connectivity index (χ3n) is 2.85. The summed E-state index contributed by atoms with van der Waals surface area (Å²) in [7, 11) is 1.67. The molecule has 6 heteroatoms. The highest BCUT2D eigenvalue weighted by atomic mass is 32.2. The van der Waals surface area contributed by atoms with Crippen molar-refractivity contribution in [3.05, 3.63) is 35.7 Å². The molecule has 0 aliphatic heterocycles. The highest BCUT2D eigenvalue weighted by Gasteiger charge is 2.13. The van der Waals surface area contributed by atoms with Crippen molar-refractivity contribution in [3.8, 4) is 5.75 Å². The van der Waals surface area contributed by atoms with Crippen molar-refractivity contribution in [1.82, 2.24) is 15.5 Å². The van der Waals surface area contributed by atoms with Gasteiger partial charge in [0.15, 0.2) is 0 Å². The first-order chi connectivity index (χ1) is 9.72. The summed E-state index contributed by atoms with van der Waals surface area (Å²) < 4.78 is 10.6. The smallest absolute Gasteiger partial charge is 0.276 e. The molecule has 0 bridgehead atoms. The number of hydrogen-bond donors (Lipinski definition) is 1. The summed E-state index contributed by atoms with van der Waals surface area (Å²) in [6, 6.07) is 8.34. The average Bonchev–Trinajstić information content (AvgIpc) is 2.89. The highest BCUT2D eigenvalue weighted by molar-refractivity contribution is 7.99. The standard InChI is InChI=1S/C14H19N3O2S/c1-4-15-13(9-20-14-17-16-10(2)19-14)11-5-7-12(18-3)8-6-11/h5-8,13,15H,4,9H2,1-3H3. The van der Waals surface area contributed by atoms with Crippen LogP contribution in [0.25, 0.3) is 0 Å². The van der Waals surface area contributed by atoms with Gasteiger partial charge in [-0.3, -0.25) is 0 Å². The lowest BCUT2D eigenvalue weighted by Gasteiger charge is -2.17. The molecule has 1 atom stereocenters. The Labute approximate surface area is 123 Å². The predicted octanol–water partition coefficient (Wildman–Crippen LogP) is 2.83. The van der Waals surface area contributed by atoms with Gasteiger partial charge in [-0.05, 0) is 24.2 Å². The van der Waals surface area contributed by atoms with Crippen LogP contribution >= 0.6 is 11.8 Å². The Morgan fingerprint density at radius 1 is 1.30 bits per heavy atom. The number of rotatable bonds is 7. The van der Waals surface area contributed by atoms with Crippen molar-refractivity contribution in [1.29, 1.82) is 0 Å². The van der Waals surface area contributed by atoms with E-state index in [1.54, 1.807) is 25.8 Å². The van der Waals surface area contributed by atoms with E-state index < -0.39 is 0 Å². The molecule has 0 saturated heterocycles. The third-order valence-corrected chi connectivity index (χ3v) is 3.76. The van der Waals surface area contributed by atoms with Crippen LogP contribution in [0.4, 0.5) is 0 Å². The second-order valence-corrected chi connectivity index (χ2v) is 5.25. The van der Waals surface area contributed by atoms with Gasteiger partial charge < -0.3 is 14.5 Å². The molecule has 1 heterocycles. The van der Waals surface area contributed by atoms with Gasteiger partial charge in [-0.2, -0.15) is 0 Å². The van der Waals surface area contributed by atoms with E-state index in [1.165, 1.54) is 5.56 Å². The summed E-state index contributed by atoms with van der Waals surface area (Å²) >= 11 is 1.56. The summed E-state index contributed by atoms with van der Waals surface area (Å²) in [5.74, 6) is 2.29. The van der Waals surface area contributed by atoms with E-state index in [1.807, 2.05) is 12.1 Å². The Morgan fingerprint density at radius 2 is 2.05 bits per heavy atom. The van der Waals surface area contributed by atoms with Crippen molar-refractivity contribution < 1.29 is 9.15 Å². The van der Waals surface area contributed by atoms with Gasteiger partial charge in [-0.1, -0.05) is 30.8 Å². The number of ether oxygens (including phenoxy) is 1. The summed E-state index contributed by atoms with van der Waals surface area (Å²) in [6.45, 7) is 4.79. The molecule has 0 aliphatic rings. The zero-order valence-electron chi connectivity index (χ0n) is 11.9. The molecular formula is C14H19N3O2S. The van der Waals surface area contributed by atoms with Crippen LogP contribution in [-0.4, -0.2) is 29.6 Å². The SMILES string of the molecule is CCNC(CSc1nnc(C)o1)c1ccc(OC)cc1. The Balaban J connectivity index is 2.01. The molecule has 1 aromatic carbocycles. The lowest BCUT2D eigenvalue weighted by Crippen LogP contribution is -2.22. The number of thioether (sulfide) groups is 1. The van der Waals surface area contributed by atoms with Gasteiger partial charge in [-0.15, -0.1) is 10.2 Å². The van der Waals surface area contributed by atoms with E-state index in [-0.39, 0.29) is 6.04 Å². The van der Waals surface area contributed by atoms with Crippen molar-refractivity contribution in [2.75, 3.05) is 19.4 Å². The van der Waals surface area contributed by atoms with Gasteiger partial charge in [0, 0.05) is 18.7 Å². The molecule has 20 heavy (non-hydrogen) atoms. The number of methoxy groups -OCH3 is 1. The Bertz CT molecular complexity index is 527. The van der Waals surface area contributed by atoms with Crippen LogP contribution < -0.4 is 10.1 Å². The maximum atomic E-state index is 5.38. The van der Waals surface area contributed by atoms with Crippen molar-refractivity contribution in [3.63, 3.8) is 0 Å². The van der Waals surface area contributed by atoms with Crippen LogP contribution in [0.3, 0.4) is 0 Å². The molecule has 0 saturated carbocycles. The fourth-order valence-electron chi connectivity index (χ4n) is 1.85. The Morgan fingerprint density at radius 3 is 2.60 bits per heavy atom. The quantitative estimate of drug-likeness (QED) is 0.792. The minimum atomic E-state index is 0.239. The Kier molecular flexibility index (Phi) is 5.43. The molecule has 0 fully saturated rings. The fourth-order valence-corrected chi connectivity index (χ4v) is 2.74. The minimum absolute atomic E-state index is 0.239. The van der Waals surface area contributed by atoms with E-state index >= 15 is 0 Å². The number of aryl methyl sites for hydroxylation is 1. The van der Waals surface area contributed by atoms with Crippen LogP contribution in [0.1, 0.15) is 24.4 Å². The molecule has 0 amide bonds. The van der Waals surface area contributed by atoms with Gasteiger partial charge in [0.2, 0.25) is 5.89 Å². The summed E-state index contributed by atoms with van der Waals surface area (Å²) in [5.41, 5.74) is 1.22. The second kappa shape index (κ2) is 7.31. The molecule has 0 spiro atoms. The van der Waals surface area contributed by atoms with Crippen molar-refractivity contribution in [2.24, 2.45) is 0 Å². The molecule has 1 unspecified atom stereocenters. The van der Waals surface area contributed by atoms with Crippen molar-refractivity contribution in [2.45, 2.75) is 25.1 Å².